The average Bonchev–Trinajstić information content (AvgIpc) is 2.94. The molecule has 2 aromatic rings. The maximum atomic E-state index is 14.0. The predicted molar refractivity (Wildman–Crippen MR) is 94.9 cm³/mol. The molecule has 1 atom stereocenters. The van der Waals surface area contributed by atoms with Crippen LogP contribution < -0.4 is 10.2 Å². The molecule has 25 heavy (non-hydrogen) atoms. The number of carbonyl (C=O) groups excluding carboxylic acids is 2. The van der Waals surface area contributed by atoms with E-state index < -0.39 is 11.7 Å². The second-order valence-corrected chi connectivity index (χ2v) is 6.57. The van der Waals surface area contributed by atoms with Crippen molar-refractivity contribution < 1.29 is 14.0 Å². The summed E-state index contributed by atoms with van der Waals surface area (Å²) in [5.41, 5.74) is 2.23. The summed E-state index contributed by atoms with van der Waals surface area (Å²) in [6.07, 6.45) is 0.362. The van der Waals surface area contributed by atoms with Gasteiger partial charge in [-0.05, 0) is 37.1 Å². The smallest absolute Gasteiger partial charge is 0.239 e. The largest absolute Gasteiger partial charge is 0.351 e. The fraction of sp³-hybridized carbons (Fsp3) is 0.263. The Hall–Kier alpha value is -2.40. The molecule has 0 aliphatic carbocycles. The van der Waals surface area contributed by atoms with Crippen LogP contribution in [0.2, 0.25) is 5.02 Å². The molecule has 0 spiro atoms. The number of hydrogen-bond acceptors (Lipinski definition) is 2. The quantitative estimate of drug-likeness (QED) is 0.849. The van der Waals surface area contributed by atoms with Crippen LogP contribution in [0, 0.1) is 18.7 Å². The molecule has 0 bridgehead atoms. The van der Waals surface area contributed by atoms with E-state index >= 15 is 0 Å². The molecule has 1 fully saturated rings. The lowest BCUT2D eigenvalue weighted by Crippen LogP contribution is -2.36. The monoisotopic (exact) mass is 360 g/mol. The number of benzene rings is 2. The van der Waals surface area contributed by atoms with Crippen LogP contribution in [0.3, 0.4) is 0 Å². The van der Waals surface area contributed by atoms with E-state index in [1.54, 1.807) is 0 Å². The molecule has 6 heteroatoms. The molecule has 1 aliphatic rings. The van der Waals surface area contributed by atoms with Gasteiger partial charge in [-0.1, -0.05) is 41.4 Å². The van der Waals surface area contributed by atoms with Gasteiger partial charge in [0.05, 0.1) is 5.69 Å². The van der Waals surface area contributed by atoms with E-state index in [-0.39, 0.29) is 22.5 Å². The first kappa shape index (κ1) is 17.4. The number of halogens is 2. The molecule has 130 valence electrons. The maximum Gasteiger partial charge on any atom is 0.239 e. The Balaban J connectivity index is 1.66. The van der Waals surface area contributed by atoms with Gasteiger partial charge in [0.15, 0.2) is 0 Å². The minimum absolute atomic E-state index is 0.156. The van der Waals surface area contributed by atoms with Crippen molar-refractivity contribution in [3.05, 3.63) is 64.4 Å². The highest BCUT2D eigenvalue weighted by atomic mass is 35.5. The Morgan fingerprint density at radius 2 is 2.12 bits per heavy atom. The number of nitrogens with zero attached hydrogens (tertiary/aromatic N) is 1. The van der Waals surface area contributed by atoms with Crippen LogP contribution in [0.15, 0.2) is 42.5 Å². The summed E-state index contributed by atoms with van der Waals surface area (Å²) >= 11 is 5.74. The molecule has 2 aromatic carbocycles. The van der Waals surface area contributed by atoms with Gasteiger partial charge in [-0.3, -0.25) is 9.59 Å². The van der Waals surface area contributed by atoms with Gasteiger partial charge in [0, 0.05) is 18.1 Å². The van der Waals surface area contributed by atoms with Gasteiger partial charge < -0.3 is 10.2 Å². The molecule has 0 saturated carbocycles. The van der Waals surface area contributed by atoms with Crippen molar-refractivity contribution in [2.75, 3.05) is 11.4 Å². The van der Waals surface area contributed by atoms with Crippen LogP contribution >= 0.6 is 11.6 Å². The van der Waals surface area contributed by atoms with Gasteiger partial charge in [-0.15, -0.1) is 0 Å². The molecule has 2 amide bonds. The zero-order valence-corrected chi connectivity index (χ0v) is 14.5. The molecule has 1 aliphatic heterocycles. The van der Waals surface area contributed by atoms with E-state index in [9.17, 15) is 14.0 Å². The molecule has 0 aromatic heterocycles. The fourth-order valence-corrected chi connectivity index (χ4v) is 3.16. The van der Waals surface area contributed by atoms with Crippen LogP contribution in [0.1, 0.15) is 17.5 Å². The maximum absolute atomic E-state index is 14.0. The minimum atomic E-state index is -0.792. The van der Waals surface area contributed by atoms with Gasteiger partial charge in [0.1, 0.15) is 11.7 Å². The average molecular weight is 361 g/mol. The fourth-order valence-electron chi connectivity index (χ4n) is 3.00. The normalized spacial score (nSPS) is 17.0. The third kappa shape index (κ3) is 3.82. The first-order valence-corrected chi connectivity index (χ1v) is 8.43. The molecule has 4 nitrogen and oxygen atoms in total. The van der Waals surface area contributed by atoms with Crippen molar-refractivity contribution in [2.45, 2.75) is 19.9 Å². The number of anilines is 1. The Kier molecular flexibility index (Phi) is 5.04. The van der Waals surface area contributed by atoms with Crippen LogP contribution in [0.4, 0.5) is 10.1 Å². The van der Waals surface area contributed by atoms with E-state index in [0.717, 1.165) is 17.2 Å². The van der Waals surface area contributed by atoms with Crippen molar-refractivity contribution in [3.63, 3.8) is 0 Å². The highest BCUT2D eigenvalue weighted by Crippen LogP contribution is 2.29. The SMILES string of the molecule is Cc1cccc(CNC(=O)C2CCN(c3ccc(Cl)cc3F)C2=O)c1. The summed E-state index contributed by atoms with van der Waals surface area (Å²) in [6, 6.07) is 11.9. The molecule has 0 radical (unpaired) electrons. The van der Waals surface area contributed by atoms with Crippen LogP contribution in [-0.4, -0.2) is 18.4 Å². The third-order valence-corrected chi connectivity index (χ3v) is 4.51. The van der Waals surface area contributed by atoms with E-state index in [2.05, 4.69) is 5.32 Å². The predicted octanol–water partition coefficient (Wildman–Crippen LogP) is 3.46. The summed E-state index contributed by atoms with van der Waals surface area (Å²) in [6.45, 7) is 2.64. The van der Waals surface area contributed by atoms with Crippen molar-refractivity contribution in [2.24, 2.45) is 5.92 Å². The highest BCUT2D eigenvalue weighted by molar-refractivity contribution is 6.30. The standard InChI is InChI=1S/C19H18ClFN2O2/c1-12-3-2-4-13(9-12)11-22-18(24)15-7-8-23(19(15)25)17-6-5-14(20)10-16(17)21/h2-6,9-10,15H,7-8,11H2,1H3,(H,22,24). The summed E-state index contributed by atoms with van der Waals surface area (Å²) in [5, 5.41) is 3.06. The molecular weight excluding hydrogens is 343 g/mol. The number of carbonyl (C=O) groups is 2. The number of rotatable bonds is 4. The van der Waals surface area contributed by atoms with E-state index in [0.29, 0.717) is 19.5 Å². The van der Waals surface area contributed by atoms with E-state index in [1.807, 2.05) is 31.2 Å². The van der Waals surface area contributed by atoms with Crippen molar-refractivity contribution in [1.29, 1.82) is 0 Å². The topological polar surface area (TPSA) is 49.4 Å². The van der Waals surface area contributed by atoms with Gasteiger partial charge in [0.25, 0.3) is 0 Å². The third-order valence-electron chi connectivity index (χ3n) is 4.27. The van der Waals surface area contributed by atoms with Gasteiger partial charge >= 0.3 is 0 Å². The molecule has 1 N–H and O–H groups in total. The Labute approximate surface area is 150 Å². The number of amides is 2. The van der Waals surface area contributed by atoms with Gasteiger partial charge in [-0.2, -0.15) is 0 Å². The molecule has 1 unspecified atom stereocenters. The number of hydrogen-bond donors (Lipinski definition) is 1. The molecule has 1 saturated heterocycles. The second-order valence-electron chi connectivity index (χ2n) is 6.13. The summed E-state index contributed by atoms with van der Waals surface area (Å²) < 4.78 is 14.0. The van der Waals surface area contributed by atoms with Crippen LogP contribution in [0.25, 0.3) is 0 Å². The summed E-state index contributed by atoms with van der Waals surface area (Å²) in [4.78, 5) is 26.2. The van der Waals surface area contributed by atoms with Crippen LogP contribution in [0.5, 0.6) is 0 Å². The van der Waals surface area contributed by atoms with Gasteiger partial charge in [-0.25, -0.2) is 4.39 Å². The Morgan fingerprint density at radius 1 is 1.32 bits per heavy atom. The lowest BCUT2D eigenvalue weighted by atomic mass is 10.1. The summed E-state index contributed by atoms with van der Waals surface area (Å²) in [5.74, 6) is -2.08. The zero-order chi connectivity index (χ0) is 18.0. The van der Waals surface area contributed by atoms with Crippen LogP contribution in [-0.2, 0) is 16.1 Å². The first-order valence-electron chi connectivity index (χ1n) is 8.05. The van der Waals surface area contributed by atoms with E-state index in [1.165, 1.54) is 17.0 Å². The lowest BCUT2D eigenvalue weighted by Gasteiger charge is -2.17. The zero-order valence-electron chi connectivity index (χ0n) is 13.8. The number of nitrogens with one attached hydrogen (secondary N) is 1. The van der Waals surface area contributed by atoms with Crippen molar-refractivity contribution >= 4 is 29.1 Å². The van der Waals surface area contributed by atoms with E-state index in [4.69, 9.17) is 11.6 Å². The van der Waals surface area contributed by atoms with Gasteiger partial charge in [0.2, 0.25) is 11.8 Å². The number of aryl methyl sites for hydroxylation is 1. The lowest BCUT2D eigenvalue weighted by molar-refractivity contribution is -0.132. The molecule has 1 heterocycles. The second kappa shape index (κ2) is 7.23. The highest BCUT2D eigenvalue weighted by Gasteiger charge is 2.38. The Bertz CT molecular complexity index is 825. The minimum Gasteiger partial charge on any atom is -0.351 e. The molecular formula is C19H18ClFN2O2. The van der Waals surface area contributed by atoms with Crippen molar-refractivity contribution in [3.8, 4) is 0 Å². The Morgan fingerprint density at radius 3 is 2.84 bits per heavy atom. The first-order chi connectivity index (χ1) is 12.0. The summed E-state index contributed by atoms with van der Waals surface area (Å²) in [7, 11) is 0. The molecule has 3 rings (SSSR count). The van der Waals surface area contributed by atoms with Crippen molar-refractivity contribution in [1.82, 2.24) is 5.32 Å².